The molecule has 204 valence electrons. The van der Waals surface area contributed by atoms with Crippen molar-refractivity contribution in [1.29, 1.82) is 0 Å². The first-order valence-electron chi connectivity index (χ1n) is 10.5. The SMILES string of the molecule is COc1cc2c(Nc3ccc(Br)c(Cl)c3)ncnc2cc1O[C@@H](CO)[C@@H](O)[C@H](O)[C@H](CO)S(C)(=O)=O.O. The van der Waals surface area contributed by atoms with E-state index in [2.05, 4.69) is 31.2 Å². The Morgan fingerprint density at radius 2 is 1.78 bits per heavy atom. The molecule has 15 heteroatoms. The van der Waals surface area contributed by atoms with Crippen LogP contribution in [0.2, 0.25) is 5.02 Å². The van der Waals surface area contributed by atoms with E-state index in [4.69, 9.17) is 21.1 Å². The van der Waals surface area contributed by atoms with Gasteiger partial charge >= 0.3 is 0 Å². The van der Waals surface area contributed by atoms with Crippen molar-refractivity contribution in [2.45, 2.75) is 23.6 Å². The normalized spacial score (nSPS) is 14.8. The number of hydrogen-bond donors (Lipinski definition) is 5. The Kier molecular flexibility index (Phi) is 10.8. The average molecular weight is 625 g/mol. The molecule has 4 atom stereocenters. The Labute approximate surface area is 226 Å². The summed E-state index contributed by atoms with van der Waals surface area (Å²) in [5, 5.41) is 42.6. The molecule has 0 aliphatic rings. The fraction of sp³-hybridized carbons (Fsp3) is 0.364. The third-order valence-corrected chi connectivity index (χ3v) is 8.16. The Balaban J connectivity index is 0.00000481. The molecule has 0 fully saturated rings. The minimum atomic E-state index is -3.91. The smallest absolute Gasteiger partial charge is 0.164 e. The summed E-state index contributed by atoms with van der Waals surface area (Å²) in [4.78, 5) is 8.50. The van der Waals surface area contributed by atoms with Gasteiger partial charge in [-0.3, -0.25) is 0 Å². The Bertz CT molecular complexity index is 1330. The van der Waals surface area contributed by atoms with Crippen molar-refractivity contribution in [3.63, 3.8) is 0 Å². The first-order chi connectivity index (χ1) is 17.0. The zero-order valence-electron chi connectivity index (χ0n) is 19.7. The number of halogens is 2. The lowest BCUT2D eigenvalue weighted by molar-refractivity contribution is -0.0701. The lowest BCUT2D eigenvalue weighted by atomic mass is 10.1. The van der Waals surface area contributed by atoms with Gasteiger partial charge in [0, 0.05) is 27.9 Å². The third-order valence-electron chi connectivity index (χ3n) is 5.40. The van der Waals surface area contributed by atoms with Gasteiger partial charge in [0.25, 0.3) is 0 Å². The molecular formula is C22H27BrClN3O9S. The number of rotatable bonds is 11. The molecule has 0 aliphatic carbocycles. The lowest BCUT2D eigenvalue weighted by Gasteiger charge is -2.30. The van der Waals surface area contributed by atoms with E-state index in [1.54, 1.807) is 24.3 Å². The highest BCUT2D eigenvalue weighted by molar-refractivity contribution is 9.10. The highest BCUT2D eigenvalue weighted by atomic mass is 79.9. The summed E-state index contributed by atoms with van der Waals surface area (Å²) < 4.78 is 35.5. The number of aromatic nitrogens is 2. The van der Waals surface area contributed by atoms with Crippen molar-refractivity contribution in [3.05, 3.63) is 46.2 Å². The van der Waals surface area contributed by atoms with E-state index in [0.29, 0.717) is 27.4 Å². The van der Waals surface area contributed by atoms with Gasteiger partial charge in [0.05, 0.1) is 30.9 Å². The number of nitrogens with one attached hydrogen (secondary N) is 1. The summed E-state index contributed by atoms with van der Waals surface area (Å²) >= 11 is 9.51. The number of methoxy groups -OCH3 is 1. The number of fused-ring (bicyclic) bond motifs is 1. The second-order valence-electron chi connectivity index (χ2n) is 7.87. The van der Waals surface area contributed by atoms with E-state index in [0.717, 1.165) is 10.7 Å². The van der Waals surface area contributed by atoms with Crippen LogP contribution in [0, 0.1) is 0 Å². The van der Waals surface area contributed by atoms with Crippen molar-refractivity contribution in [1.82, 2.24) is 9.97 Å². The van der Waals surface area contributed by atoms with Crippen molar-refractivity contribution < 1.29 is 43.8 Å². The number of anilines is 2. The van der Waals surface area contributed by atoms with Crippen LogP contribution in [0.3, 0.4) is 0 Å². The van der Waals surface area contributed by atoms with Gasteiger partial charge in [-0.1, -0.05) is 11.6 Å². The summed E-state index contributed by atoms with van der Waals surface area (Å²) in [5.74, 6) is 0.694. The molecule has 0 radical (unpaired) electrons. The molecule has 7 N–H and O–H groups in total. The topological polar surface area (TPSA) is 203 Å². The van der Waals surface area contributed by atoms with E-state index < -0.39 is 46.6 Å². The number of benzene rings is 2. The maximum Gasteiger partial charge on any atom is 0.164 e. The van der Waals surface area contributed by atoms with E-state index in [-0.39, 0.29) is 17.0 Å². The second-order valence-corrected chi connectivity index (χ2v) is 11.4. The molecule has 3 aromatic rings. The fourth-order valence-electron chi connectivity index (χ4n) is 3.44. The minimum absolute atomic E-state index is 0. The van der Waals surface area contributed by atoms with E-state index >= 15 is 0 Å². The summed E-state index contributed by atoms with van der Waals surface area (Å²) in [6.07, 6.45) is -3.09. The van der Waals surface area contributed by atoms with Gasteiger partial charge in [-0.05, 0) is 40.2 Å². The van der Waals surface area contributed by atoms with Gasteiger partial charge in [-0.2, -0.15) is 0 Å². The van der Waals surface area contributed by atoms with Crippen molar-refractivity contribution in [3.8, 4) is 11.5 Å². The van der Waals surface area contributed by atoms with Gasteiger partial charge in [0.15, 0.2) is 27.4 Å². The quantitative estimate of drug-likeness (QED) is 0.202. The molecular weight excluding hydrogens is 598 g/mol. The van der Waals surface area contributed by atoms with Crippen LogP contribution >= 0.6 is 27.5 Å². The fourth-order valence-corrected chi connectivity index (χ4v) is 4.81. The Hall–Kier alpha value is -2.30. The number of nitrogens with zero attached hydrogens (tertiary/aromatic N) is 2. The number of ether oxygens (including phenoxy) is 2. The highest BCUT2D eigenvalue weighted by Crippen LogP contribution is 2.36. The summed E-state index contributed by atoms with van der Waals surface area (Å²) in [7, 11) is -2.53. The zero-order chi connectivity index (χ0) is 26.6. The summed E-state index contributed by atoms with van der Waals surface area (Å²) in [6, 6.07) is 8.35. The predicted octanol–water partition coefficient (Wildman–Crippen LogP) is 0.840. The lowest BCUT2D eigenvalue weighted by Crippen LogP contribution is -2.51. The maximum atomic E-state index is 11.8. The number of hydrogen-bond acceptors (Lipinski definition) is 11. The van der Waals surface area contributed by atoms with Crippen molar-refractivity contribution in [2.24, 2.45) is 0 Å². The molecule has 2 aromatic carbocycles. The minimum Gasteiger partial charge on any atom is -0.493 e. The van der Waals surface area contributed by atoms with Gasteiger partial charge in [0.1, 0.15) is 29.6 Å². The third kappa shape index (κ3) is 7.18. The summed E-state index contributed by atoms with van der Waals surface area (Å²) in [5.41, 5.74) is 1.09. The molecule has 0 spiro atoms. The first-order valence-corrected chi connectivity index (χ1v) is 13.6. The van der Waals surface area contributed by atoms with Crippen LogP contribution in [-0.4, -0.2) is 94.4 Å². The number of sulfone groups is 1. The van der Waals surface area contributed by atoms with Gasteiger partial charge in [-0.15, -0.1) is 0 Å². The summed E-state index contributed by atoms with van der Waals surface area (Å²) in [6.45, 7) is -1.70. The molecule has 0 saturated carbocycles. The van der Waals surface area contributed by atoms with Crippen LogP contribution in [0.4, 0.5) is 11.5 Å². The monoisotopic (exact) mass is 623 g/mol. The highest BCUT2D eigenvalue weighted by Gasteiger charge is 2.38. The van der Waals surface area contributed by atoms with E-state index in [1.165, 1.54) is 19.5 Å². The first kappa shape index (κ1) is 30.9. The van der Waals surface area contributed by atoms with Crippen LogP contribution in [0.25, 0.3) is 10.9 Å². The van der Waals surface area contributed by atoms with E-state index in [1.807, 2.05) is 0 Å². The van der Waals surface area contributed by atoms with E-state index in [9.17, 15) is 28.8 Å². The Morgan fingerprint density at radius 3 is 2.35 bits per heavy atom. The molecule has 0 aliphatic heterocycles. The van der Waals surface area contributed by atoms with Gasteiger partial charge in [-0.25, -0.2) is 18.4 Å². The van der Waals surface area contributed by atoms with Gasteiger partial charge < -0.3 is 40.7 Å². The molecule has 0 saturated heterocycles. The predicted molar refractivity (Wildman–Crippen MR) is 141 cm³/mol. The molecule has 1 heterocycles. The Morgan fingerprint density at radius 1 is 1.08 bits per heavy atom. The van der Waals surface area contributed by atoms with Crippen LogP contribution in [0.5, 0.6) is 11.5 Å². The van der Waals surface area contributed by atoms with Crippen LogP contribution in [0.1, 0.15) is 0 Å². The second kappa shape index (κ2) is 13.0. The molecule has 1 aromatic heterocycles. The standard InChI is InChI=1S/C22H25BrClN3O8S.H2O/c1-34-16-6-12-15(25-10-26-22(12)27-11-3-4-13(23)14(24)5-11)7-17(16)35-18(8-28)20(30)21(31)19(9-29)36(2,32)33;/h3-7,10,18-21,28-31H,8-9H2,1-2H3,(H,25,26,27);1H2/t18-,19-,20+,21+;/m0./s1. The van der Waals surface area contributed by atoms with Crippen LogP contribution < -0.4 is 14.8 Å². The zero-order valence-corrected chi connectivity index (χ0v) is 22.8. The average Bonchev–Trinajstić information content (AvgIpc) is 2.83. The maximum absolute atomic E-state index is 11.8. The largest absolute Gasteiger partial charge is 0.493 e. The van der Waals surface area contributed by atoms with Crippen molar-refractivity contribution >= 4 is 59.8 Å². The molecule has 0 unspecified atom stereocenters. The van der Waals surface area contributed by atoms with Crippen molar-refractivity contribution in [2.75, 3.05) is 31.9 Å². The number of aliphatic hydroxyl groups excluding tert-OH is 4. The molecule has 3 rings (SSSR count). The molecule has 0 amide bonds. The van der Waals surface area contributed by atoms with Gasteiger partial charge in [0.2, 0.25) is 0 Å². The number of aliphatic hydroxyl groups is 4. The molecule has 12 nitrogen and oxygen atoms in total. The molecule has 37 heavy (non-hydrogen) atoms. The van der Waals surface area contributed by atoms with Crippen LogP contribution in [-0.2, 0) is 9.84 Å². The molecule has 0 bridgehead atoms. The van der Waals surface area contributed by atoms with Crippen LogP contribution in [0.15, 0.2) is 41.1 Å².